The molecule has 0 aromatic heterocycles. The van der Waals surface area contributed by atoms with E-state index in [-0.39, 0.29) is 15.5 Å². The molecule has 0 spiro atoms. The molecule has 3 rings (SSSR count). The number of nitrogens with one attached hydrogen (secondary N) is 2. The molecule has 2 aromatic carbocycles. The zero-order valence-corrected chi connectivity index (χ0v) is 14.0. The van der Waals surface area contributed by atoms with Crippen LogP contribution >= 0.6 is 0 Å². The molecular formula is C17H16N2O4S. The fraction of sp³-hybridized carbons (Fsp3) is 0.118. The Morgan fingerprint density at radius 1 is 1.08 bits per heavy atom. The zero-order chi connectivity index (χ0) is 17.3. The van der Waals surface area contributed by atoms with E-state index in [0.29, 0.717) is 17.0 Å². The molecule has 0 saturated heterocycles. The Hall–Kier alpha value is -2.80. The quantitative estimate of drug-likeness (QED) is 0.886. The summed E-state index contributed by atoms with van der Waals surface area (Å²) < 4.78 is 30.6. The number of sulfone groups is 1. The SMILES string of the molecule is CNC(=O)C1=C(Nc2cccc(OC)c2)c2ccccc2S1(=O)=O. The predicted octanol–water partition coefficient (Wildman–Crippen LogP) is 2.01. The number of hydrogen-bond acceptors (Lipinski definition) is 5. The molecule has 0 atom stereocenters. The third kappa shape index (κ3) is 2.52. The highest BCUT2D eigenvalue weighted by Gasteiger charge is 2.39. The standard InChI is InChI=1S/C17H16N2O4S/c1-18-17(20)16-15(19-11-6-5-7-12(10-11)23-2)13-8-3-4-9-14(13)24(16,21)22/h3-10,19H,1-2H3,(H,18,20). The fourth-order valence-electron chi connectivity index (χ4n) is 2.59. The number of benzene rings is 2. The summed E-state index contributed by atoms with van der Waals surface area (Å²) >= 11 is 0. The maximum Gasteiger partial charge on any atom is 0.265 e. The number of amides is 1. The van der Waals surface area contributed by atoms with Gasteiger partial charge in [-0.05, 0) is 18.2 Å². The number of carbonyl (C=O) groups excluding carboxylic acids is 1. The first-order valence-corrected chi connectivity index (χ1v) is 8.69. The number of likely N-dealkylation sites (N-methyl/N-ethyl adjacent to an activating group) is 1. The van der Waals surface area contributed by atoms with E-state index in [1.165, 1.54) is 13.1 Å². The van der Waals surface area contributed by atoms with Crippen molar-refractivity contribution >= 4 is 27.1 Å². The van der Waals surface area contributed by atoms with Crippen LogP contribution in [0.2, 0.25) is 0 Å². The van der Waals surface area contributed by atoms with Crippen LogP contribution in [0, 0.1) is 0 Å². The number of rotatable bonds is 4. The second-order valence-electron chi connectivity index (χ2n) is 5.14. The minimum absolute atomic E-state index is 0.119. The average molecular weight is 344 g/mol. The van der Waals surface area contributed by atoms with E-state index in [0.717, 1.165) is 0 Å². The van der Waals surface area contributed by atoms with Crippen LogP contribution in [0.1, 0.15) is 5.56 Å². The maximum absolute atomic E-state index is 12.7. The van der Waals surface area contributed by atoms with Crippen molar-refractivity contribution in [2.75, 3.05) is 19.5 Å². The van der Waals surface area contributed by atoms with Crippen molar-refractivity contribution in [3.63, 3.8) is 0 Å². The van der Waals surface area contributed by atoms with Crippen LogP contribution in [0.15, 0.2) is 58.3 Å². The van der Waals surface area contributed by atoms with Crippen LogP contribution in [-0.2, 0) is 14.6 Å². The van der Waals surface area contributed by atoms with E-state index >= 15 is 0 Å². The van der Waals surface area contributed by atoms with Gasteiger partial charge in [0, 0.05) is 24.4 Å². The number of methoxy groups -OCH3 is 1. The van der Waals surface area contributed by atoms with Crippen molar-refractivity contribution in [2.24, 2.45) is 0 Å². The summed E-state index contributed by atoms with van der Waals surface area (Å²) in [6, 6.07) is 13.6. The molecule has 124 valence electrons. The predicted molar refractivity (Wildman–Crippen MR) is 91.2 cm³/mol. The zero-order valence-electron chi connectivity index (χ0n) is 13.2. The van der Waals surface area contributed by atoms with Gasteiger partial charge in [-0.2, -0.15) is 0 Å². The first kappa shape index (κ1) is 16.1. The van der Waals surface area contributed by atoms with Crippen LogP contribution in [0.25, 0.3) is 5.70 Å². The molecule has 6 nitrogen and oxygen atoms in total. The normalized spacial score (nSPS) is 14.9. The van der Waals surface area contributed by atoms with Crippen LogP contribution < -0.4 is 15.4 Å². The van der Waals surface area contributed by atoms with Crippen molar-refractivity contribution in [3.05, 3.63) is 59.0 Å². The summed E-state index contributed by atoms with van der Waals surface area (Å²) in [4.78, 5) is 12.0. The van der Waals surface area contributed by atoms with E-state index in [1.54, 1.807) is 49.6 Å². The van der Waals surface area contributed by atoms with Crippen molar-refractivity contribution < 1.29 is 17.9 Å². The molecule has 2 aromatic rings. The van der Waals surface area contributed by atoms with Crippen LogP contribution in [0.4, 0.5) is 5.69 Å². The minimum atomic E-state index is -3.87. The Bertz CT molecular complexity index is 949. The van der Waals surface area contributed by atoms with Crippen molar-refractivity contribution in [3.8, 4) is 5.75 Å². The molecular weight excluding hydrogens is 328 g/mol. The second-order valence-corrected chi connectivity index (χ2v) is 6.99. The summed E-state index contributed by atoms with van der Waals surface area (Å²) in [7, 11) is -0.924. The first-order chi connectivity index (χ1) is 11.5. The Kier molecular flexibility index (Phi) is 4.02. The Labute approximate surface area is 140 Å². The smallest absolute Gasteiger partial charge is 0.265 e. The average Bonchev–Trinajstić information content (AvgIpc) is 2.82. The van der Waals surface area contributed by atoms with Gasteiger partial charge < -0.3 is 15.4 Å². The van der Waals surface area contributed by atoms with Crippen LogP contribution in [-0.4, -0.2) is 28.5 Å². The van der Waals surface area contributed by atoms with Crippen molar-refractivity contribution in [1.82, 2.24) is 5.32 Å². The van der Waals surface area contributed by atoms with Gasteiger partial charge in [-0.25, -0.2) is 8.42 Å². The van der Waals surface area contributed by atoms with Gasteiger partial charge in [0.1, 0.15) is 5.75 Å². The molecule has 0 unspecified atom stereocenters. The molecule has 0 bridgehead atoms. The Morgan fingerprint density at radius 3 is 2.54 bits per heavy atom. The lowest BCUT2D eigenvalue weighted by Gasteiger charge is -2.11. The first-order valence-electron chi connectivity index (χ1n) is 7.21. The molecule has 0 aliphatic carbocycles. The molecule has 24 heavy (non-hydrogen) atoms. The van der Waals surface area contributed by atoms with Gasteiger partial charge in [-0.15, -0.1) is 0 Å². The third-order valence-electron chi connectivity index (χ3n) is 3.71. The molecule has 1 amide bonds. The number of carbonyl (C=O) groups is 1. The van der Waals surface area contributed by atoms with Crippen molar-refractivity contribution in [1.29, 1.82) is 0 Å². The van der Waals surface area contributed by atoms with Crippen molar-refractivity contribution in [2.45, 2.75) is 4.90 Å². The summed E-state index contributed by atoms with van der Waals surface area (Å²) in [5.74, 6) is -0.0344. The Balaban J connectivity index is 2.18. The highest BCUT2D eigenvalue weighted by Crippen LogP contribution is 2.39. The van der Waals surface area contributed by atoms with Gasteiger partial charge in [0.25, 0.3) is 5.91 Å². The summed E-state index contributed by atoms with van der Waals surface area (Å²) in [5, 5.41) is 5.45. The van der Waals surface area contributed by atoms with Gasteiger partial charge in [-0.3, -0.25) is 4.79 Å². The van der Waals surface area contributed by atoms with Gasteiger partial charge >= 0.3 is 0 Å². The second kappa shape index (κ2) is 6.01. The summed E-state index contributed by atoms with van der Waals surface area (Å²) in [6.07, 6.45) is 0. The molecule has 0 radical (unpaired) electrons. The van der Waals surface area contributed by atoms with Crippen LogP contribution in [0.3, 0.4) is 0 Å². The van der Waals surface area contributed by atoms with E-state index in [4.69, 9.17) is 4.74 Å². The molecule has 7 heteroatoms. The van der Waals surface area contributed by atoms with E-state index in [2.05, 4.69) is 10.6 Å². The lowest BCUT2D eigenvalue weighted by Crippen LogP contribution is -2.24. The van der Waals surface area contributed by atoms with Gasteiger partial charge in [-0.1, -0.05) is 24.3 Å². The fourth-order valence-corrected chi connectivity index (χ4v) is 4.31. The van der Waals surface area contributed by atoms with Gasteiger partial charge in [0.2, 0.25) is 9.84 Å². The minimum Gasteiger partial charge on any atom is -0.497 e. The van der Waals surface area contributed by atoms with E-state index in [1.807, 2.05) is 0 Å². The lowest BCUT2D eigenvalue weighted by atomic mass is 10.1. The number of hydrogen-bond donors (Lipinski definition) is 2. The van der Waals surface area contributed by atoms with Gasteiger partial charge in [0.05, 0.1) is 17.7 Å². The largest absolute Gasteiger partial charge is 0.497 e. The molecule has 2 N–H and O–H groups in total. The number of fused-ring (bicyclic) bond motifs is 1. The summed E-state index contributed by atoms with van der Waals surface area (Å²) in [6.45, 7) is 0. The molecule has 0 saturated carbocycles. The van der Waals surface area contributed by atoms with Crippen LogP contribution in [0.5, 0.6) is 5.75 Å². The highest BCUT2D eigenvalue weighted by atomic mass is 32.2. The monoisotopic (exact) mass is 344 g/mol. The van der Waals surface area contributed by atoms with E-state index in [9.17, 15) is 13.2 Å². The van der Waals surface area contributed by atoms with Gasteiger partial charge in [0.15, 0.2) is 4.91 Å². The lowest BCUT2D eigenvalue weighted by molar-refractivity contribution is -0.116. The molecule has 1 aliphatic heterocycles. The summed E-state index contributed by atoms with van der Waals surface area (Å²) in [5.41, 5.74) is 1.36. The number of anilines is 1. The molecule has 1 aliphatic rings. The third-order valence-corrected chi connectivity index (χ3v) is 5.58. The Morgan fingerprint density at radius 2 is 1.83 bits per heavy atom. The highest BCUT2D eigenvalue weighted by molar-refractivity contribution is 7.97. The maximum atomic E-state index is 12.7. The van der Waals surface area contributed by atoms with E-state index < -0.39 is 15.7 Å². The molecule has 1 heterocycles. The topological polar surface area (TPSA) is 84.5 Å². The number of ether oxygens (including phenoxy) is 1. The molecule has 0 fully saturated rings.